The third kappa shape index (κ3) is 3.10. The van der Waals surface area contributed by atoms with E-state index >= 15 is 0 Å². The monoisotopic (exact) mass is 408 g/mol. The smallest absolute Gasteiger partial charge is 0.340 e. The van der Waals surface area contributed by atoms with Gasteiger partial charge in [-0.1, -0.05) is 15.9 Å². The molecule has 1 aromatic heterocycles. The van der Waals surface area contributed by atoms with Gasteiger partial charge in [0.15, 0.2) is 5.82 Å². The zero-order chi connectivity index (χ0) is 18.1. The number of nitrogen functional groups attached to an aromatic ring is 1. The first-order chi connectivity index (χ1) is 11.9. The number of methoxy groups -OCH3 is 1. The summed E-state index contributed by atoms with van der Waals surface area (Å²) >= 11 is 3.14. The maximum Gasteiger partial charge on any atom is 0.340 e. The van der Waals surface area contributed by atoms with Crippen molar-refractivity contribution in [3.05, 3.63) is 52.3 Å². The average Bonchev–Trinajstić information content (AvgIpc) is 2.59. The maximum atomic E-state index is 15.0. The van der Waals surface area contributed by atoms with Crippen molar-refractivity contribution in [1.29, 1.82) is 0 Å². The number of anilines is 3. The molecule has 0 bridgehead atoms. The molecule has 2 aromatic carbocycles. The molecular formula is C16H11BrF2N4O2. The summed E-state index contributed by atoms with van der Waals surface area (Å²) in [6.45, 7) is 0. The Kier molecular flexibility index (Phi) is 4.49. The van der Waals surface area contributed by atoms with Gasteiger partial charge in [-0.05, 0) is 24.3 Å². The Morgan fingerprint density at radius 3 is 2.72 bits per heavy atom. The van der Waals surface area contributed by atoms with E-state index in [2.05, 4.69) is 36.0 Å². The van der Waals surface area contributed by atoms with Gasteiger partial charge in [-0.2, -0.15) is 0 Å². The fraction of sp³-hybridized carbons (Fsp3) is 0.0625. The number of nitrogens with one attached hydrogen (secondary N) is 1. The van der Waals surface area contributed by atoms with Crippen LogP contribution in [0.2, 0.25) is 0 Å². The predicted molar refractivity (Wildman–Crippen MR) is 92.6 cm³/mol. The van der Waals surface area contributed by atoms with E-state index in [9.17, 15) is 13.6 Å². The Labute approximate surface area is 149 Å². The Bertz CT molecular complexity index is 998. The van der Waals surface area contributed by atoms with Crippen LogP contribution in [0.3, 0.4) is 0 Å². The topological polar surface area (TPSA) is 90.1 Å². The summed E-state index contributed by atoms with van der Waals surface area (Å²) in [4.78, 5) is 19.7. The number of fused-ring (bicyclic) bond motifs is 1. The van der Waals surface area contributed by atoms with Crippen LogP contribution in [-0.4, -0.2) is 23.0 Å². The molecule has 0 saturated heterocycles. The summed E-state index contributed by atoms with van der Waals surface area (Å²) in [5.41, 5.74) is 5.19. The van der Waals surface area contributed by atoms with E-state index in [0.717, 1.165) is 13.4 Å². The van der Waals surface area contributed by atoms with Crippen LogP contribution >= 0.6 is 15.9 Å². The third-order valence-electron chi connectivity index (χ3n) is 3.50. The lowest BCUT2D eigenvalue weighted by molar-refractivity contribution is 0.0601. The molecule has 0 aliphatic heterocycles. The fourth-order valence-electron chi connectivity index (χ4n) is 2.30. The van der Waals surface area contributed by atoms with Crippen molar-refractivity contribution < 1.29 is 18.3 Å². The van der Waals surface area contributed by atoms with Gasteiger partial charge in [0.05, 0.1) is 24.0 Å². The first-order valence-electron chi connectivity index (χ1n) is 6.95. The normalized spacial score (nSPS) is 10.7. The van der Waals surface area contributed by atoms with Crippen LogP contribution < -0.4 is 11.1 Å². The SMILES string of the molecule is COC(=O)c1cc2c(N)ncnc2c(F)c1Nc1ccc(Br)cc1F. The summed E-state index contributed by atoms with van der Waals surface area (Å²) in [5, 5.41) is 2.75. The van der Waals surface area contributed by atoms with E-state index in [1.54, 1.807) is 6.07 Å². The van der Waals surface area contributed by atoms with Gasteiger partial charge >= 0.3 is 5.97 Å². The molecule has 0 unspecified atom stereocenters. The number of benzene rings is 2. The number of rotatable bonds is 3. The van der Waals surface area contributed by atoms with Gasteiger partial charge in [0.1, 0.15) is 23.5 Å². The molecule has 0 aliphatic carbocycles. The molecule has 0 atom stereocenters. The van der Waals surface area contributed by atoms with Crippen LogP contribution in [0.5, 0.6) is 0 Å². The van der Waals surface area contributed by atoms with Crippen molar-refractivity contribution in [2.75, 3.05) is 18.2 Å². The highest BCUT2D eigenvalue weighted by molar-refractivity contribution is 9.10. The van der Waals surface area contributed by atoms with E-state index < -0.39 is 17.6 Å². The summed E-state index contributed by atoms with van der Waals surface area (Å²) in [6.07, 6.45) is 1.10. The van der Waals surface area contributed by atoms with Crippen molar-refractivity contribution >= 4 is 50.0 Å². The zero-order valence-electron chi connectivity index (χ0n) is 12.8. The highest BCUT2D eigenvalue weighted by Gasteiger charge is 2.22. The Morgan fingerprint density at radius 2 is 2.04 bits per heavy atom. The van der Waals surface area contributed by atoms with Gasteiger partial charge < -0.3 is 15.8 Å². The molecule has 3 rings (SSSR count). The van der Waals surface area contributed by atoms with E-state index in [0.29, 0.717) is 4.47 Å². The van der Waals surface area contributed by atoms with Crippen molar-refractivity contribution in [2.24, 2.45) is 0 Å². The molecule has 3 aromatic rings. The summed E-state index contributed by atoms with van der Waals surface area (Å²) in [6, 6.07) is 5.48. The molecule has 3 N–H and O–H groups in total. The van der Waals surface area contributed by atoms with Crippen LogP contribution in [0.15, 0.2) is 35.1 Å². The summed E-state index contributed by atoms with van der Waals surface area (Å²) in [7, 11) is 1.15. The lowest BCUT2D eigenvalue weighted by atomic mass is 10.1. The first kappa shape index (κ1) is 17.0. The Morgan fingerprint density at radius 1 is 1.28 bits per heavy atom. The lowest BCUT2D eigenvalue weighted by Gasteiger charge is -2.14. The number of esters is 1. The van der Waals surface area contributed by atoms with E-state index in [1.165, 1.54) is 18.2 Å². The predicted octanol–water partition coefficient (Wildman–Crippen LogP) is 3.78. The van der Waals surface area contributed by atoms with E-state index in [-0.39, 0.29) is 33.7 Å². The molecule has 9 heteroatoms. The molecule has 0 spiro atoms. The molecule has 0 amide bonds. The van der Waals surface area contributed by atoms with Crippen LogP contribution in [-0.2, 0) is 4.74 Å². The molecular weight excluding hydrogens is 398 g/mol. The van der Waals surface area contributed by atoms with Gasteiger partial charge in [-0.25, -0.2) is 23.5 Å². The zero-order valence-corrected chi connectivity index (χ0v) is 14.4. The van der Waals surface area contributed by atoms with Gasteiger partial charge in [0, 0.05) is 9.86 Å². The van der Waals surface area contributed by atoms with Crippen LogP contribution in [0.4, 0.5) is 26.0 Å². The minimum atomic E-state index is -0.866. The van der Waals surface area contributed by atoms with Crippen molar-refractivity contribution in [3.63, 3.8) is 0 Å². The molecule has 0 aliphatic rings. The number of ether oxygens (including phenoxy) is 1. The number of aromatic nitrogens is 2. The molecule has 6 nitrogen and oxygen atoms in total. The molecule has 0 radical (unpaired) electrons. The molecule has 1 heterocycles. The highest BCUT2D eigenvalue weighted by atomic mass is 79.9. The molecule has 128 valence electrons. The summed E-state index contributed by atoms with van der Waals surface area (Å²) < 4.78 is 34.2. The molecule has 25 heavy (non-hydrogen) atoms. The van der Waals surface area contributed by atoms with Gasteiger partial charge in [-0.15, -0.1) is 0 Å². The minimum absolute atomic E-state index is 0.00965. The van der Waals surface area contributed by atoms with Gasteiger partial charge in [0.2, 0.25) is 0 Å². The standard InChI is InChI=1S/C16H11BrF2N4O2/c1-25-16(24)9-5-8-13(21-6-22-15(8)20)12(19)14(9)23-11-3-2-7(17)4-10(11)18/h2-6,23H,1H3,(H2,20,21,22). The number of halogens is 3. The highest BCUT2D eigenvalue weighted by Crippen LogP contribution is 2.33. The molecule has 0 fully saturated rings. The molecule has 0 saturated carbocycles. The number of nitrogens with two attached hydrogens (primary N) is 1. The van der Waals surface area contributed by atoms with Crippen molar-refractivity contribution in [1.82, 2.24) is 9.97 Å². The van der Waals surface area contributed by atoms with Gasteiger partial charge in [-0.3, -0.25) is 0 Å². The quantitative estimate of drug-likeness (QED) is 0.640. The second-order valence-corrected chi connectivity index (χ2v) is 5.92. The number of carbonyl (C=O) groups excluding carboxylic acids is 1. The Balaban J connectivity index is 2.24. The fourth-order valence-corrected chi connectivity index (χ4v) is 2.63. The van der Waals surface area contributed by atoms with Crippen LogP contribution in [0, 0.1) is 11.6 Å². The third-order valence-corrected chi connectivity index (χ3v) is 3.99. The number of nitrogens with zero attached hydrogens (tertiary/aromatic N) is 2. The van der Waals surface area contributed by atoms with E-state index in [1.807, 2.05) is 0 Å². The van der Waals surface area contributed by atoms with E-state index in [4.69, 9.17) is 5.73 Å². The second-order valence-electron chi connectivity index (χ2n) is 5.01. The Hall–Kier alpha value is -2.81. The largest absolute Gasteiger partial charge is 0.465 e. The van der Waals surface area contributed by atoms with Gasteiger partial charge in [0.25, 0.3) is 0 Å². The van der Waals surface area contributed by atoms with Crippen molar-refractivity contribution in [3.8, 4) is 0 Å². The van der Waals surface area contributed by atoms with Crippen LogP contribution in [0.1, 0.15) is 10.4 Å². The van der Waals surface area contributed by atoms with Crippen molar-refractivity contribution in [2.45, 2.75) is 0 Å². The minimum Gasteiger partial charge on any atom is -0.465 e. The average molecular weight is 409 g/mol. The number of hydrogen-bond donors (Lipinski definition) is 2. The first-order valence-corrected chi connectivity index (χ1v) is 7.74. The lowest BCUT2D eigenvalue weighted by Crippen LogP contribution is -2.10. The summed E-state index contributed by atoms with van der Waals surface area (Å²) in [5.74, 6) is -2.30. The number of hydrogen-bond acceptors (Lipinski definition) is 6. The second kappa shape index (κ2) is 6.60. The van der Waals surface area contributed by atoms with Crippen LogP contribution in [0.25, 0.3) is 10.9 Å². The maximum absolute atomic E-state index is 15.0. The number of carbonyl (C=O) groups is 1.